The second kappa shape index (κ2) is 13.0. The third-order valence-electron chi connectivity index (χ3n) is 4.50. The summed E-state index contributed by atoms with van der Waals surface area (Å²) in [5.41, 5.74) is 4.88. The van der Waals surface area contributed by atoms with E-state index < -0.39 is 18.6 Å². The molecule has 1 heterocycles. The highest BCUT2D eigenvalue weighted by Gasteiger charge is 2.06. The summed E-state index contributed by atoms with van der Waals surface area (Å²) in [6, 6.07) is 26.0. The lowest BCUT2D eigenvalue weighted by Crippen LogP contribution is -1.97. The number of carboxylic acids is 2. The van der Waals surface area contributed by atoms with Crippen molar-refractivity contribution in [3.63, 3.8) is 0 Å². The maximum atomic E-state index is 10.8. The van der Waals surface area contributed by atoms with Crippen molar-refractivity contribution < 1.29 is 33.0 Å². The van der Waals surface area contributed by atoms with E-state index in [0.29, 0.717) is 11.1 Å². The first-order valence-corrected chi connectivity index (χ1v) is 10.8. The van der Waals surface area contributed by atoms with Crippen LogP contribution in [-0.2, 0) is 0 Å². The lowest BCUT2D eigenvalue weighted by Gasteiger charge is -2.06. The molecule has 0 bridgehead atoms. The van der Waals surface area contributed by atoms with E-state index in [9.17, 15) is 22.8 Å². The van der Waals surface area contributed by atoms with Crippen molar-refractivity contribution in [2.75, 3.05) is 0 Å². The number of alkyl halides is 3. The molecule has 0 fully saturated rings. The van der Waals surface area contributed by atoms with Gasteiger partial charge in [-0.2, -0.15) is 13.2 Å². The highest BCUT2D eigenvalue weighted by atomic mass is 32.1. The molecule has 8 heteroatoms. The van der Waals surface area contributed by atoms with Gasteiger partial charge in [0.15, 0.2) is 0 Å². The number of halogens is 3. The van der Waals surface area contributed by atoms with Gasteiger partial charge in [-0.25, -0.2) is 9.59 Å². The van der Waals surface area contributed by atoms with Gasteiger partial charge in [0.05, 0.1) is 11.1 Å². The Morgan fingerprint density at radius 1 is 0.735 bits per heavy atom. The van der Waals surface area contributed by atoms with Crippen LogP contribution < -0.4 is 0 Å². The van der Waals surface area contributed by atoms with Gasteiger partial charge >= 0.3 is 18.6 Å². The molecule has 0 atom stereocenters. The maximum Gasteiger partial charge on any atom is 0.379 e. The van der Waals surface area contributed by atoms with Gasteiger partial charge in [-0.05, 0) is 64.9 Å². The Labute approximate surface area is 198 Å². The van der Waals surface area contributed by atoms with Crippen LogP contribution in [0.4, 0.5) is 13.2 Å². The Balaban J connectivity index is 0.000000209. The van der Waals surface area contributed by atoms with Crippen LogP contribution in [0.15, 0.2) is 90.3 Å². The molecule has 34 heavy (non-hydrogen) atoms. The third kappa shape index (κ3) is 8.22. The Morgan fingerprint density at radius 3 is 1.76 bits per heavy atom. The zero-order chi connectivity index (χ0) is 25.1. The van der Waals surface area contributed by atoms with Crippen molar-refractivity contribution in [3.8, 4) is 21.6 Å². The minimum absolute atomic E-state index is 0.324. The Hall–Kier alpha value is -3.91. The molecule has 0 spiro atoms. The summed E-state index contributed by atoms with van der Waals surface area (Å²) < 4.78 is 29.0. The maximum absolute atomic E-state index is 10.8. The summed E-state index contributed by atoms with van der Waals surface area (Å²) in [6.45, 7) is -1.74. The predicted octanol–water partition coefficient (Wildman–Crippen LogP) is 7.65. The second-order valence-corrected chi connectivity index (χ2v) is 7.76. The zero-order valence-electron chi connectivity index (χ0n) is 18.0. The van der Waals surface area contributed by atoms with E-state index in [1.165, 1.54) is 0 Å². The SMILES string of the molecule is Cc1cc(C(=O)O)ccc1-c1ccccc1.FC(F)F.O=C(O)c1ccc(-c2cccs2)cc1. The van der Waals surface area contributed by atoms with Gasteiger partial charge in [0.2, 0.25) is 0 Å². The first-order chi connectivity index (χ1) is 16.2. The third-order valence-corrected chi connectivity index (χ3v) is 5.41. The van der Waals surface area contributed by atoms with Crippen LogP contribution in [0.5, 0.6) is 0 Å². The highest BCUT2D eigenvalue weighted by Crippen LogP contribution is 2.25. The molecule has 3 aromatic carbocycles. The van der Waals surface area contributed by atoms with Gasteiger partial charge in [0.25, 0.3) is 0 Å². The Kier molecular flexibility index (Phi) is 10.0. The number of thiophene rings is 1. The molecule has 0 saturated carbocycles. The number of carboxylic acid groups (broad SMARTS) is 2. The monoisotopic (exact) mass is 486 g/mol. The zero-order valence-corrected chi connectivity index (χ0v) is 18.8. The average molecular weight is 487 g/mol. The topological polar surface area (TPSA) is 74.6 Å². The van der Waals surface area contributed by atoms with Crippen molar-refractivity contribution in [2.24, 2.45) is 0 Å². The van der Waals surface area contributed by atoms with E-state index in [4.69, 9.17) is 10.2 Å². The molecular formula is C26H21F3O4S. The van der Waals surface area contributed by atoms with Gasteiger partial charge in [-0.3, -0.25) is 0 Å². The van der Waals surface area contributed by atoms with Crippen LogP contribution in [0, 0.1) is 6.92 Å². The van der Waals surface area contributed by atoms with Crippen LogP contribution in [0.25, 0.3) is 21.6 Å². The average Bonchev–Trinajstić information content (AvgIpc) is 3.35. The molecule has 0 aliphatic rings. The van der Waals surface area contributed by atoms with E-state index in [-0.39, 0.29) is 0 Å². The standard InChI is InChI=1S/C14H12O2.C11H8O2S.CHF3/c1-10-9-12(14(15)16)7-8-13(10)11-5-3-2-4-6-11;12-11(13)9-5-3-8(4-6-9)10-2-1-7-14-10;2-1(3)4/h2-9H,1H3,(H,15,16);1-7H,(H,12,13);1H. The lowest BCUT2D eigenvalue weighted by atomic mass is 9.98. The van der Waals surface area contributed by atoms with Gasteiger partial charge in [0, 0.05) is 4.88 Å². The minimum Gasteiger partial charge on any atom is -0.478 e. The number of aromatic carboxylic acids is 2. The fraction of sp³-hybridized carbons (Fsp3) is 0.0769. The largest absolute Gasteiger partial charge is 0.478 e. The lowest BCUT2D eigenvalue weighted by molar-refractivity contribution is 0.00816. The summed E-state index contributed by atoms with van der Waals surface area (Å²) in [7, 11) is 0. The molecule has 4 rings (SSSR count). The van der Waals surface area contributed by atoms with Crippen molar-refractivity contribution in [1.82, 2.24) is 0 Å². The number of aryl methyl sites for hydroxylation is 1. The molecule has 0 unspecified atom stereocenters. The fourth-order valence-electron chi connectivity index (χ4n) is 2.96. The number of benzene rings is 3. The highest BCUT2D eigenvalue weighted by molar-refractivity contribution is 7.13. The number of hydrogen-bond acceptors (Lipinski definition) is 3. The van der Waals surface area contributed by atoms with Crippen molar-refractivity contribution in [3.05, 3.63) is 107 Å². The molecule has 176 valence electrons. The van der Waals surface area contributed by atoms with Crippen molar-refractivity contribution in [2.45, 2.75) is 13.6 Å². The second-order valence-electron chi connectivity index (χ2n) is 6.81. The molecule has 0 saturated heterocycles. The van der Waals surface area contributed by atoms with E-state index in [2.05, 4.69) is 0 Å². The Morgan fingerprint density at radius 2 is 1.29 bits per heavy atom. The molecule has 0 amide bonds. The predicted molar refractivity (Wildman–Crippen MR) is 127 cm³/mol. The molecule has 0 aliphatic carbocycles. The molecule has 2 N–H and O–H groups in total. The molecule has 0 radical (unpaired) electrons. The fourth-order valence-corrected chi connectivity index (χ4v) is 3.69. The molecular weight excluding hydrogens is 465 g/mol. The molecule has 1 aromatic heterocycles. The molecule has 0 aliphatic heterocycles. The van der Waals surface area contributed by atoms with Crippen LogP contribution >= 0.6 is 11.3 Å². The van der Waals surface area contributed by atoms with Crippen LogP contribution in [0.3, 0.4) is 0 Å². The van der Waals surface area contributed by atoms with Crippen LogP contribution in [-0.4, -0.2) is 28.8 Å². The van der Waals surface area contributed by atoms with E-state index >= 15 is 0 Å². The summed E-state index contributed by atoms with van der Waals surface area (Å²) in [6.07, 6.45) is 0. The van der Waals surface area contributed by atoms with E-state index in [1.807, 2.05) is 73.0 Å². The number of hydrogen-bond donors (Lipinski definition) is 2. The first kappa shape index (κ1) is 26.3. The first-order valence-electron chi connectivity index (χ1n) is 9.88. The van der Waals surface area contributed by atoms with Gasteiger partial charge in [0.1, 0.15) is 0 Å². The summed E-state index contributed by atoms with van der Waals surface area (Å²) in [5.74, 6) is -1.77. The summed E-state index contributed by atoms with van der Waals surface area (Å²) in [4.78, 5) is 22.6. The number of rotatable bonds is 4. The molecule has 4 aromatic rings. The smallest absolute Gasteiger partial charge is 0.379 e. The van der Waals surface area contributed by atoms with Crippen molar-refractivity contribution >= 4 is 23.3 Å². The van der Waals surface area contributed by atoms with Gasteiger partial charge in [-0.1, -0.05) is 54.6 Å². The van der Waals surface area contributed by atoms with E-state index in [0.717, 1.165) is 27.1 Å². The van der Waals surface area contributed by atoms with Crippen LogP contribution in [0.1, 0.15) is 26.3 Å². The summed E-state index contributed by atoms with van der Waals surface area (Å²) >= 11 is 1.64. The van der Waals surface area contributed by atoms with E-state index in [1.54, 1.807) is 35.6 Å². The number of carbonyl (C=O) groups is 2. The normalized spacial score (nSPS) is 9.91. The van der Waals surface area contributed by atoms with Gasteiger partial charge in [-0.15, -0.1) is 11.3 Å². The van der Waals surface area contributed by atoms with Crippen molar-refractivity contribution in [1.29, 1.82) is 0 Å². The minimum atomic E-state index is -3.67. The molecule has 4 nitrogen and oxygen atoms in total. The summed E-state index contributed by atoms with van der Waals surface area (Å²) in [5, 5.41) is 19.6. The van der Waals surface area contributed by atoms with Gasteiger partial charge < -0.3 is 10.2 Å². The van der Waals surface area contributed by atoms with Crippen LogP contribution in [0.2, 0.25) is 0 Å². The Bertz CT molecular complexity index is 1190. The quantitative estimate of drug-likeness (QED) is 0.311.